The summed E-state index contributed by atoms with van der Waals surface area (Å²) < 4.78 is 1.05. The van der Waals surface area contributed by atoms with Crippen LogP contribution in [-0.4, -0.2) is 4.98 Å². The van der Waals surface area contributed by atoms with E-state index in [2.05, 4.69) is 75.4 Å². The maximum atomic E-state index is 4.10. The van der Waals surface area contributed by atoms with Crippen molar-refractivity contribution in [3.8, 4) is 0 Å². The van der Waals surface area contributed by atoms with Crippen LogP contribution < -0.4 is 4.90 Å². The Morgan fingerprint density at radius 3 is 2.48 bits per heavy atom. The SMILES string of the molecule is C=CC(=C)N(c1ccc(Br)cc1)c1ccc2cc[nH]c2c1. The molecule has 3 rings (SSSR count). The molecular weight excluding hydrogens is 324 g/mol. The van der Waals surface area contributed by atoms with Crippen LogP contribution in [0, 0.1) is 0 Å². The molecule has 0 radical (unpaired) electrons. The molecule has 0 aliphatic heterocycles. The van der Waals surface area contributed by atoms with Crippen molar-refractivity contribution in [1.82, 2.24) is 4.98 Å². The van der Waals surface area contributed by atoms with Crippen molar-refractivity contribution < 1.29 is 0 Å². The Balaban J connectivity index is 2.12. The summed E-state index contributed by atoms with van der Waals surface area (Å²) in [5.74, 6) is 0. The molecule has 0 spiro atoms. The first-order chi connectivity index (χ1) is 10.2. The normalized spacial score (nSPS) is 10.5. The summed E-state index contributed by atoms with van der Waals surface area (Å²) >= 11 is 3.47. The van der Waals surface area contributed by atoms with Crippen molar-refractivity contribution in [2.75, 3.05) is 4.90 Å². The molecule has 3 aromatic rings. The summed E-state index contributed by atoms with van der Waals surface area (Å²) in [7, 11) is 0. The monoisotopic (exact) mass is 338 g/mol. The van der Waals surface area contributed by atoms with E-state index in [9.17, 15) is 0 Å². The van der Waals surface area contributed by atoms with Crippen molar-refractivity contribution >= 4 is 38.2 Å². The molecule has 1 aromatic heterocycles. The summed E-state index contributed by atoms with van der Waals surface area (Å²) in [5, 5.41) is 1.19. The van der Waals surface area contributed by atoms with Gasteiger partial charge in [0.1, 0.15) is 0 Å². The molecule has 0 saturated carbocycles. The Morgan fingerprint density at radius 2 is 1.76 bits per heavy atom. The van der Waals surface area contributed by atoms with Crippen molar-refractivity contribution in [2.45, 2.75) is 0 Å². The first-order valence-electron chi connectivity index (χ1n) is 6.63. The van der Waals surface area contributed by atoms with Gasteiger partial charge in [-0.3, -0.25) is 0 Å². The Bertz CT molecular complexity index is 799. The molecule has 104 valence electrons. The number of aromatic nitrogens is 1. The van der Waals surface area contributed by atoms with Crippen molar-refractivity contribution in [1.29, 1.82) is 0 Å². The zero-order chi connectivity index (χ0) is 14.8. The van der Waals surface area contributed by atoms with Crippen LogP contribution in [0.25, 0.3) is 10.9 Å². The van der Waals surface area contributed by atoms with E-state index in [1.807, 2.05) is 18.3 Å². The Labute approximate surface area is 132 Å². The smallest absolute Gasteiger partial charge is 0.0482 e. The van der Waals surface area contributed by atoms with Crippen LogP contribution in [0.4, 0.5) is 11.4 Å². The van der Waals surface area contributed by atoms with Crippen molar-refractivity contribution in [2.24, 2.45) is 0 Å². The molecule has 0 unspecified atom stereocenters. The average molecular weight is 339 g/mol. The fourth-order valence-electron chi connectivity index (χ4n) is 2.34. The molecule has 3 heteroatoms. The van der Waals surface area contributed by atoms with Crippen LogP contribution >= 0.6 is 15.9 Å². The van der Waals surface area contributed by atoms with Gasteiger partial charge in [-0.1, -0.05) is 35.2 Å². The molecule has 0 fully saturated rings. The number of rotatable bonds is 4. The van der Waals surface area contributed by atoms with Crippen LogP contribution in [0.5, 0.6) is 0 Å². The quantitative estimate of drug-likeness (QED) is 0.598. The van der Waals surface area contributed by atoms with Gasteiger partial charge in [0.05, 0.1) is 0 Å². The van der Waals surface area contributed by atoms with Gasteiger partial charge in [0.25, 0.3) is 0 Å². The number of fused-ring (bicyclic) bond motifs is 1. The Hall–Kier alpha value is -2.26. The highest BCUT2D eigenvalue weighted by Gasteiger charge is 2.12. The van der Waals surface area contributed by atoms with Crippen LogP contribution in [0.15, 0.2) is 84.1 Å². The second kappa shape index (κ2) is 5.62. The molecule has 1 heterocycles. The van der Waals surface area contributed by atoms with Crippen LogP contribution in [0.3, 0.4) is 0 Å². The minimum absolute atomic E-state index is 0.836. The van der Waals surface area contributed by atoms with Gasteiger partial charge in [-0.05, 0) is 53.9 Å². The highest BCUT2D eigenvalue weighted by molar-refractivity contribution is 9.10. The Kier molecular flexibility index (Phi) is 3.67. The lowest BCUT2D eigenvalue weighted by molar-refractivity contribution is 1.22. The summed E-state index contributed by atoms with van der Waals surface area (Å²) in [5.41, 5.74) is 4.04. The first kappa shape index (κ1) is 13.7. The van der Waals surface area contributed by atoms with E-state index in [1.165, 1.54) is 5.39 Å². The maximum absolute atomic E-state index is 4.10. The molecule has 0 amide bonds. The van der Waals surface area contributed by atoms with E-state index in [4.69, 9.17) is 0 Å². The number of nitrogens with one attached hydrogen (secondary N) is 1. The van der Waals surface area contributed by atoms with Crippen molar-refractivity contribution in [3.63, 3.8) is 0 Å². The van der Waals surface area contributed by atoms with Gasteiger partial charge < -0.3 is 9.88 Å². The number of halogens is 1. The molecule has 2 nitrogen and oxygen atoms in total. The molecule has 0 atom stereocenters. The molecule has 2 aromatic carbocycles. The summed E-state index contributed by atoms with van der Waals surface area (Å²) in [6.07, 6.45) is 3.71. The lowest BCUT2D eigenvalue weighted by atomic mass is 10.2. The largest absolute Gasteiger partial charge is 0.361 e. The number of hydrogen-bond donors (Lipinski definition) is 1. The third-order valence-electron chi connectivity index (χ3n) is 3.40. The molecule has 0 aliphatic rings. The third-order valence-corrected chi connectivity index (χ3v) is 3.93. The zero-order valence-electron chi connectivity index (χ0n) is 11.5. The molecule has 0 bridgehead atoms. The van der Waals surface area contributed by atoms with E-state index in [0.29, 0.717) is 0 Å². The highest BCUT2D eigenvalue weighted by Crippen LogP contribution is 2.32. The number of benzene rings is 2. The second-order valence-corrected chi connectivity index (χ2v) is 5.67. The Morgan fingerprint density at radius 1 is 1.05 bits per heavy atom. The van der Waals surface area contributed by atoms with E-state index in [1.54, 1.807) is 6.08 Å². The fraction of sp³-hybridized carbons (Fsp3) is 0. The van der Waals surface area contributed by atoms with E-state index >= 15 is 0 Å². The van der Waals surface area contributed by atoms with Gasteiger partial charge in [-0.25, -0.2) is 0 Å². The maximum Gasteiger partial charge on any atom is 0.0482 e. The molecule has 1 N–H and O–H groups in total. The van der Waals surface area contributed by atoms with Gasteiger partial charge >= 0.3 is 0 Å². The minimum Gasteiger partial charge on any atom is -0.361 e. The predicted molar refractivity (Wildman–Crippen MR) is 93.9 cm³/mol. The first-order valence-corrected chi connectivity index (χ1v) is 7.42. The summed E-state index contributed by atoms with van der Waals surface area (Å²) in [6.45, 7) is 7.95. The van der Waals surface area contributed by atoms with E-state index in [-0.39, 0.29) is 0 Å². The number of H-pyrrole nitrogens is 1. The van der Waals surface area contributed by atoms with E-state index in [0.717, 1.165) is 27.1 Å². The lowest BCUT2D eigenvalue weighted by Crippen LogP contribution is -2.13. The molecular formula is C18H15BrN2. The molecule has 0 saturated heterocycles. The number of nitrogens with zero attached hydrogens (tertiary/aromatic N) is 1. The van der Waals surface area contributed by atoms with Crippen LogP contribution in [-0.2, 0) is 0 Å². The van der Waals surface area contributed by atoms with Gasteiger partial charge in [0.2, 0.25) is 0 Å². The van der Waals surface area contributed by atoms with Crippen molar-refractivity contribution in [3.05, 3.63) is 84.1 Å². The van der Waals surface area contributed by atoms with Crippen LogP contribution in [0.2, 0.25) is 0 Å². The third kappa shape index (κ3) is 2.65. The highest BCUT2D eigenvalue weighted by atomic mass is 79.9. The molecule has 21 heavy (non-hydrogen) atoms. The number of aromatic amines is 1. The summed E-state index contributed by atoms with van der Waals surface area (Å²) in [6, 6.07) is 16.5. The molecule has 0 aliphatic carbocycles. The van der Waals surface area contributed by atoms with Crippen LogP contribution in [0.1, 0.15) is 0 Å². The van der Waals surface area contributed by atoms with E-state index < -0.39 is 0 Å². The van der Waals surface area contributed by atoms with Gasteiger partial charge in [-0.2, -0.15) is 0 Å². The lowest BCUT2D eigenvalue weighted by Gasteiger charge is -2.25. The minimum atomic E-state index is 0.836. The van der Waals surface area contributed by atoms with Gasteiger partial charge in [0.15, 0.2) is 0 Å². The number of hydrogen-bond acceptors (Lipinski definition) is 1. The predicted octanol–water partition coefficient (Wildman–Crippen LogP) is 5.77. The zero-order valence-corrected chi connectivity index (χ0v) is 13.1. The number of anilines is 2. The number of allylic oxidation sites excluding steroid dienone is 1. The van der Waals surface area contributed by atoms with Gasteiger partial charge in [-0.15, -0.1) is 0 Å². The summed E-state index contributed by atoms with van der Waals surface area (Å²) in [4.78, 5) is 5.33. The topological polar surface area (TPSA) is 19.0 Å². The second-order valence-electron chi connectivity index (χ2n) is 4.76. The average Bonchev–Trinajstić information content (AvgIpc) is 2.97. The van der Waals surface area contributed by atoms with Gasteiger partial charge in [0, 0.05) is 33.3 Å². The fourth-order valence-corrected chi connectivity index (χ4v) is 2.60. The standard InChI is InChI=1S/C18H15BrN2/c1-3-13(2)21(16-8-5-15(19)6-9-16)17-7-4-14-10-11-20-18(14)12-17/h3-12,20H,1-2H2.